The van der Waals surface area contributed by atoms with Crippen molar-refractivity contribution in [2.24, 2.45) is 0 Å². The molecule has 0 aromatic heterocycles. The summed E-state index contributed by atoms with van der Waals surface area (Å²) in [6.07, 6.45) is 8.40. The molecule has 0 heterocycles. The van der Waals surface area contributed by atoms with E-state index in [9.17, 15) is 0 Å². The monoisotopic (exact) mass is 201 g/mol. The zero-order valence-electron chi connectivity index (χ0n) is 9.01. The Balaban J connectivity index is 1.97. The van der Waals surface area contributed by atoms with Gasteiger partial charge in [-0.1, -0.05) is 19.8 Å². The van der Waals surface area contributed by atoms with Crippen LogP contribution in [0.5, 0.6) is 0 Å². The Kier molecular flexibility index (Phi) is 5.88. The Hall–Kier alpha value is 0.310. The summed E-state index contributed by atoms with van der Waals surface area (Å²) in [6, 6.07) is 0.809. The minimum absolute atomic E-state index is 0.809. The molecule has 1 fully saturated rings. The van der Waals surface area contributed by atoms with Crippen LogP contribution in [0.25, 0.3) is 0 Å². The molecule has 0 saturated heterocycles. The van der Waals surface area contributed by atoms with E-state index < -0.39 is 0 Å². The van der Waals surface area contributed by atoms with Crippen LogP contribution in [0.3, 0.4) is 0 Å². The Morgan fingerprint density at radius 2 is 2.15 bits per heavy atom. The van der Waals surface area contributed by atoms with Gasteiger partial charge in [0.15, 0.2) is 0 Å². The quantitative estimate of drug-likeness (QED) is 0.663. The van der Waals surface area contributed by atoms with Crippen molar-refractivity contribution in [2.75, 3.05) is 12.8 Å². The number of unbranched alkanes of at least 4 members (excludes halogenated alkanes) is 2. The first-order valence-electron chi connectivity index (χ1n) is 5.65. The highest BCUT2D eigenvalue weighted by atomic mass is 32.2. The first-order chi connectivity index (χ1) is 6.36. The van der Waals surface area contributed by atoms with E-state index in [1.165, 1.54) is 44.3 Å². The Bertz CT molecular complexity index is 127. The normalized spacial score (nSPS) is 28.2. The minimum Gasteiger partial charge on any atom is -0.317 e. The first-order valence-corrected chi connectivity index (χ1v) is 6.70. The highest BCUT2D eigenvalue weighted by Gasteiger charge is 2.22. The van der Waals surface area contributed by atoms with Crippen LogP contribution >= 0.6 is 11.8 Å². The summed E-state index contributed by atoms with van der Waals surface area (Å²) in [6.45, 7) is 2.28. The highest BCUT2D eigenvalue weighted by molar-refractivity contribution is 7.99. The lowest BCUT2D eigenvalue weighted by molar-refractivity contribution is 0.583. The summed E-state index contributed by atoms with van der Waals surface area (Å²) in [4.78, 5) is 0. The minimum atomic E-state index is 0.809. The van der Waals surface area contributed by atoms with Gasteiger partial charge in [0.2, 0.25) is 0 Å². The van der Waals surface area contributed by atoms with Crippen LogP contribution in [0.15, 0.2) is 0 Å². The van der Waals surface area contributed by atoms with Crippen LogP contribution in [0.1, 0.15) is 45.4 Å². The average molecular weight is 201 g/mol. The SMILES string of the molecule is CCCCCSC1CCC(NC)C1. The average Bonchev–Trinajstić information content (AvgIpc) is 2.60. The van der Waals surface area contributed by atoms with Gasteiger partial charge in [0.1, 0.15) is 0 Å². The van der Waals surface area contributed by atoms with Crippen LogP contribution < -0.4 is 5.32 Å². The Morgan fingerprint density at radius 1 is 1.31 bits per heavy atom. The number of hydrogen-bond donors (Lipinski definition) is 1. The standard InChI is InChI=1S/C11H23NS/c1-3-4-5-8-13-11-7-6-10(9-11)12-2/h10-12H,3-9H2,1-2H3. The van der Waals surface area contributed by atoms with Crippen molar-refractivity contribution in [3.8, 4) is 0 Å². The van der Waals surface area contributed by atoms with E-state index in [1.54, 1.807) is 0 Å². The number of thioether (sulfide) groups is 1. The fraction of sp³-hybridized carbons (Fsp3) is 1.00. The maximum absolute atomic E-state index is 3.38. The molecule has 0 spiro atoms. The Morgan fingerprint density at radius 3 is 2.77 bits per heavy atom. The summed E-state index contributed by atoms with van der Waals surface area (Å²) < 4.78 is 0. The summed E-state index contributed by atoms with van der Waals surface area (Å²) >= 11 is 2.20. The molecule has 2 unspecified atom stereocenters. The van der Waals surface area contributed by atoms with Gasteiger partial charge in [0, 0.05) is 11.3 Å². The lowest BCUT2D eigenvalue weighted by atomic mass is 10.3. The Labute approximate surface area is 87.1 Å². The van der Waals surface area contributed by atoms with Crippen LogP contribution in [-0.2, 0) is 0 Å². The molecule has 0 amide bonds. The van der Waals surface area contributed by atoms with Crippen LogP contribution in [0.2, 0.25) is 0 Å². The summed E-state index contributed by atoms with van der Waals surface area (Å²) in [5.74, 6) is 1.38. The molecule has 1 rings (SSSR count). The van der Waals surface area contributed by atoms with Gasteiger partial charge in [0.25, 0.3) is 0 Å². The van der Waals surface area contributed by atoms with Crippen molar-refractivity contribution < 1.29 is 0 Å². The second kappa shape index (κ2) is 6.72. The lowest BCUT2D eigenvalue weighted by Crippen LogP contribution is -2.21. The van der Waals surface area contributed by atoms with E-state index in [0.29, 0.717) is 0 Å². The van der Waals surface area contributed by atoms with Gasteiger partial charge in [-0.25, -0.2) is 0 Å². The number of hydrogen-bond acceptors (Lipinski definition) is 2. The third-order valence-corrected chi connectivity index (χ3v) is 4.32. The summed E-state index contributed by atoms with van der Waals surface area (Å²) in [5, 5.41) is 4.34. The maximum atomic E-state index is 3.38. The molecule has 1 aliphatic rings. The predicted molar refractivity (Wildman–Crippen MR) is 62.5 cm³/mol. The molecule has 0 aliphatic heterocycles. The van der Waals surface area contributed by atoms with Crippen LogP contribution in [-0.4, -0.2) is 24.1 Å². The van der Waals surface area contributed by atoms with Crippen LogP contribution in [0.4, 0.5) is 0 Å². The molecule has 1 aliphatic carbocycles. The molecule has 0 aromatic rings. The molecule has 0 radical (unpaired) electrons. The van der Waals surface area contributed by atoms with Crippen LogP contribution in [0, 0.1) is 0 Å². The van der Waals surface area contributed by atoms with Gasteiger partial charge in [0.05, 0.1) is 0 Å². The van der Waals surface area contributed by atoms with Crippen molar-refractivity contribution in [1.82, 2.24) is 5.32 Å². The van der Waals surface area contributed by atoms with Gasteiger partial charge < -0.3 is 5.32 Å². The molecule has 1 N–H and O–H groups in total. The van der Waals surface area contributed by atoms with Gasteiger partial charge in [-0.05, 0) is 38.5 Å². The van der Waals surface area contributed by atoms with Crippen molar-refractivity contribution in [3.63, 3.8) is 0 Å². The van der Waals surface area contributed by atoms with Crippen molar-refractivity contribution >= 4 is 11.8 Å². The number of rotatable bonds is 6. The molecule has 1 saturated carbocycles. The van der Waals surface area contributed by atoms with Gasteiger partial charge in [-0.2, -0.15) is 11.8 Å². The van der Waals surface area contributed by atoms with E-state index in [0.717, 1.165) is 11.3 Å². The topological polar surface area (TPSA) is 12.0 Å². The molecule has 78 valence electrons. The van der Waals surface area contributed by atoms with E-state index in [4.69, 9.17) is 0 Å². The van der Waals surface area contributed by atoms with Crippen molar-refractivity contribution in [1.29, 1.82) is 0 Å². The van der Waals surface area contributed by atoms with Gasteiger partial charge in [-0.15, -0.1) is 0 Å². The highest BCUT2D eigenvalue weighted by Crippen LogP contribution is 2.30. The maximum Gasteiger partial charge on any atom is 0.00750 e. The first kappa shape index (κ1) is 11.4. The fourth-order valence-electron chi connectivity index (χ4n) is 1.96. The molecule has 13 heavy (non-hydrogen) atoms. The van der Waals surface area contributed by atoms with E-state index >= 15 is 0 Å². The molecule has 0 aromatic carbocycles. The largest absolute Gasteiger partial charge is 0.317 e. The third-order valence-electron chi connectivity index (χ3n) is 2.89. The second-order valence-corrected chi connectivity index (χ2v) is 5.41. The molecule has 2 heteroatoms. The zero-order chi connectivity index (χ0) is 9.52. The van der Waals surface area contributed by atoms with Gasteiger partial charge in [-0.3, -0.25) is 0 Å². The molecule has 1 nitrogen and oxygen atoms in total. The van der Waals surface area contributed by atoms with E-state index in [1.807, 2.05) is 0 Å². The van der Waals surface area contributed by atoms with Gasteiger partial charge >= 0.3 is 0 Å². The molecular weight excluding hydrogens is 178 g/mol. The van der Waals surface area contributed by atoms with Crippen molar-refractivity contribution in [2.45, 2.75) is 56.7 Å². The summed E-state index contributed by atoms with van der Waals surface area (Å²) in [7, 11) is 2.09. The second-order valence-electron chi connectivity index (χ2n) is 4.00. The smallest absolute Gasteiger partial charge is 0.00750 e. The fourth-order valence-corrected chi connectivity index (χ4v) is 3.33. The van der Waals surface area contributed by atoms with Crippen molar-refractivity contribution in [3.05, 3.63) is 0 Å². The molecule has 0 bridgehead atoms. The summed E-state index contributed by atoms with van der Waals surface area (Å²) in [5.41, 5.74) is 0. The lowest BCUT2D eigenvalue weighted by Gasteiger charge is -2.09. The third kappa shape index (κ3) is 4.37. The van der Waals surface area contributed by atoms with E-state index in [2.05, 4.69) is 31.1 Å². The zero-order valence-corrected chi connectivity index (χ0v) is 9.83. The molecule has 2 atom stereocenters. The predicted octanol–water partition coefficient (Wildman–Crippen LogP) is 3.05. The molecular formula is C11H23NS. The number of nitrogens with one attached hydrogen (secondary N) is 1. The van der Waals surface area contributed by atoms with E-state index in [-0.39, 0.29) is 0 Å².